The first-order valence-electron chi connectivity index (χ1n) is 12.5. The van der Waals surface area contributed by atoms with E-state index < -0.39 is 82.9 Å². The lowest BCUT2D eigenvalue weighted by molar-refractivity contribution is -0.162. The van der Waals surface area contributed by atoms with Crippen LogP contribution in [0.2, 0.25) is 0 Å². The second-order valence-corrected chi connectivity index (χ2v) is 19.9. The van der Waals surface area contributed by atoms with Gasteiger partial charge in [-0.15, -0.1) is 0 Å². The van der Waals surface area contributed by atoms with Gasteiger partial charge >= 0.3 is 46.7 Å². The van der Waals surface area contributed by atoms with Crippen LogP contribution in [0.3, 0.4) is 0 Å². The molecule has 1 aliphatic rings. The van der Waals surface area contributed by atoms with Crippen LogP contribution in [-0.4, -0.2) is 121 Å². The molecular weight excluding hydrogens is 770 g/mol. The molecule has 0 bridgehead atoms. The Bertz CT molecular complexity index is 1160. The zero-order valence-electron chi connectivity index (χ0n) is 27.5. The van der Waals surface area contributed by atoms with E-state index >= 15 is 0 Å². The third-order valence-corrected chi connectivity index (χ3v) is 15.6. The van der Waals surface area contributed by atoms with Gasteiger partial charge in [0.2, 0.25) is 0 Å². The second-order valence-electron chi connectivity index (χ2n) is 8.31. The Labute approximate surface area is 272 Å². The third kappa shape index (κ3) is 11.1. The molecule has 47 heavy (non-hydrogen) atoms. The highest BCUT2D eigenvalue weighted by atomic mass is 31.2. The lowest BCUT2D eigenvalue weighted by Crippen LogP contribution is -2.66. The fraction of sp³-hybridized carbons (Fsp3) is 1.00. The van der Waals surface area contributed by atoms with Gasteiger partial charge in [-0.05, 0) is 0 Å². The highest BCUT2D eigenvalue weighted by Crippen LogP contribution is 2.67. The van der Waals surface area contributed by atoms with Gasteiger partial charge < -0.3 is 9.05 Å². The van der Waals surface area contributed by atoms with Gasteiger partial charge in [0.25, 0.3) is 0 Å². The first-order valence-corrected chi connectivity index (χ1v) is 21.4. The normalized spacial score (nSPS) is 25.3. The van der Waals surface area contributed by atoms with Crippen molar-refractivity contribution in [2.45, 2.75) is 36.2 Å². The molecule has 4 unspecified atom stereocenters. The highest BCUT2D eigenvalue weighted by Gasteiger charge is 2.67. The molecule has 0 heterocycles. The van der Waals surface area contributed by atoms with Crippen LogP contribution in [0.1, 0.15) is 0 Å². The van der Waals surface area contributed by atoms with E-state index in [0.29, 0.717) is 0 Å². The van der Waals surface area contributed by atoms with Crippen LogP contribution in [0.15, 0.2) is 0 Å². The summed E-state index contributed by atoms with van der Waals surface area (Å²) in [5.74, 6) is 0. The molecule has 0 radical (unpaired) electrons. The van der Waals surface area contributed by atoms with E-state index in [1.807, 2.05) is 0 Å². The van der Waals surface area contributed by atoms with Gasteiger partial charge in [0.1, 0.15) is 36.2 Å². The van der Waals surface area contributed by atoms with Crippen LogP contribution in [0.25, 0.3) is 0 Å². The molecule has 1 aliphatic carbocycles. The van der Waals surface area contributed by atoms with Gasteiger partial charge in [-0.1, -0.05) is 0 Å². The Kier molecular flexibility index (Phi) is 18.5. The Balaban J connectivity index is 4.56. The van der Waals surface area contributed by atoms with Gasteiger partial charge in [-0.25, -0.2) is 22.8 Å². The molecule has 282 valence electrons. The summed E-state index contributed by atoms with van der Waals surface area (Å²) < 4.78 is 169. The van der Waals surface area contributed by atoms with Gasteiger partial charge in [-0.2, -0.15) is 0 Å². The van der Waals surface area contributed by atoms with Crippen molar-refractivity contribution in [1.82, 2.24) is 0 Å². The van der Waals surface area contributed by atoms with E-state index in [1.165, 1.54) is 0 Å². The second kappa shape index (κ2) is 19.0. The number of rotatable bonds is 23. The van der Waals surface area contributed by atoms with Crippen LogP contribution in [-0.2, 0) is 104 Å². The summed E-state index contributed by atoms with van der Waals surface area (Å²) in [6, 6.07) is 0. The zero-order valence-corrected chi connectivity index (χ0v) is 32.9. The molecule has 29 heteroatoms. The van der Waals surface area contributed by atoms with Gasteiger partial charge in [0, 0.05) is 85.3 Å². The maximum atomic E-state index is 14.4. The Morgan fingerprint density at radius 1 is 0.277 bits per heavy atom. The lowest BCUT2D eigenvalue weighted by Gasteiger charge is -2.50. The van der Waals surface area contributed by atoms with Crippen molar-refractivity contribution < 1.29 is 104 Å². The lowest BCUT2D eigenvalue weighted by atomic mass is 9.87. The number of hydrogen-bond acceptors (Lipinski definition) is 23. The van der Waals surface area contributed by atoms with Crippen molar-refractivity contribution >= 4 is 46.7 Å². The summed E-state index contributed by atoms with van der Waals surface area (Å²) in [4.78, 5) is 0. The van der Waals surface area contributed by atoms with Crippen molar-refractivity contribution in [2.24, 2.45) is 0 Å². The van der Waals surface area contributed by atoms with Gasteiger partial charge in [0.15, 0.2) is 0 Å². The number of phosphoric ester groups is 5. The van der Waals surface area contributed by atoms with Crippen molar-refractivity contribution in [3.63, 3.8) is 0 Å². The standard InChI is InChI=1S/C18H42O23P6/c1-25-42(19,26-2)18-16(40-46(23,33-9)34-10)14(38-44(21,29-5)30-6)13(37-43(20,27-3)28-4)15(39-45(22,31-7)32-8)17(18)41-47(24,35-11)36-12/h13-18H,1-12H3. The fourth-order valence-corrected chi connectivity index (χ4v) is 10.3. The van der Waals surface area contributed by atoms with Crippen LogP contribution >= 0.6 is 46.7 Å². The van der Waals surface area contributed by atoms with Crippen molar-refractivity contribution in [3.05, 3.63) is 0 Å². The summed E-state index contributed by atoms with van der Waals surface area (Å²) in [6.07, 6.45) is -11.2. The Morgan fingerprint density at radius 2 is 0.447 bits per heavy atom. The summed E-state index contributed by atoms with van der Waals surface area (Å²) in [5, 5.41) is 0. The SMILES string of the molecule is COP(=O)(OC)OC1C(OP(=O)(OC)OC)C(OP(=O)(OC)OC)C(P(=O)(OC)OC)C(OP(=O)(OC)OC)C1OP(=O)(OC)OC. The smallest absolute Gasteiger partial charge is 0.312 e. The first kappa shape index (κ1) is 45.7. The van der Waals surface area contributed by atoms with Crippen LogP contribution < -0.4 is 0 Å². The van der Waals surface area contributed by atoms with Crippen molar-refractivity contribution in [2.75, 3.05) is 85.3 Å². The molecule has 0 amide bonds. The van der Waals surface area contributed by atoms with Crippen molar-refractivity contribution in [3.8, 4) is 0 Å². The van der Waals surface area contributed by atoms with Crippen molar-refractivity contribution in [1.29, 1.82) is 0 Å². The maximum Gasteiger partial charge on any atom is 0.474 e. The predicted octanol–water partition coefficient (Wildman–Crippen LogP) is 4.79. The molecule has 4 atom stereocenters. The monoisotopic (exact) mass is 812 g/mol. The Hall–Kier alpha value is 0.700. The number of phosphoric acid groups is 5. The number of hydrogen-bond donors (Lipinski definition) is 0. The molecule has 0 spiro atoms. The average Bonchev–Trinajstić information content (AvgIpc) is 3.10. The van der Waals surface area contributed by atoms with Crippen LogP contribution in [0.4, 0.5) is 0 Å². The minimum absolute atomic E-state index is 0.895. The molecule has 1 rings (SSSR count). The van der Waals surface area contributed by atoms with E-state index in [1.54, 1.807) is 0 Å². The molecular formula is C18H42O23P6. The fourth-order valence-electron chi connectivity index (χ4n) is 3.97. The van der Waals surface area contributed by atoms with E-state index in [0.717, 1.165) is 85.3 Å². The molecule has 0 aromatic carbocycles. The maximum absolute atomic E-state index is 14.4. The van der Waals surface area contributed by atoms with E-state index in [2.05, 4.69) is 0 Å². The van der Waals surface area contributed by atoms with E-state index in [9.17, 15) is 27.4 Å². The Morgan fingerprint density at radius 3 is 0.617 bits per heavy atom. The van der Waals surface area contributed by atoms with E-state index in [4.69, 9.17) is 76.9 Å². The summed E-state index contributed by atoms with van der Waals surface area (Å²) in [7, 11) is -17.8. The zero-order chi connectivity index (χ0) is 36.5. The molecule has 0 saturated heterocycles. The van der Waals surface area contributed by atoms with Gasteiger partial charge in [-0.3, -0.25) is 72.4 Å². The molecule has 0 aromatic heterocycles. The summed E-state index contributed by atoms with van der Waals surface area (Å²) >= 11 is 0. The van der Waals surface area contributed by atoms with Crippen LogP contribution in [0, 0.1) is 0 Å². The molecule has 23 nitrogen and oxygen atoms in total. The molecule has 1 fully saturated rings. The summed E-state index contributed by atoms with van der Waals surface area (Å²) in [6.45, 7) is 0. The minimum atomic E-state index is -4.82. The largest absolute Gasteiger partial charge is 0.474 e. The van der Waals surface area contributed by atoms with Gasteiger partial charge in [0.05, 0.1) is 0 Å². The molecule has 0 aromatic rings. The highest BCUT2D eigenvalue weighted by molar-refractivity contribution is 7.55. The molecule has 0 aliphatic heterocycles. The summed E-state index contributed by atoms with van der Waals surface area (Å²) in [5.41, 5.74) is -2.15. The minimum Gasteiger partial charge on any atom is -0.312 e. The topological polar surface area (TPSA) is 259 Å². The van der Waals surface area contributed by atoms with E-state index in [-0.39, 0.29) is 0 Å². The quantitative estimate of drug-likeness (QED) is 0.126. The average molecular weight is 812 g/mol. The molecule has 0 N–H and O–H groups in total. The molecule has 1 saturated carbocycles. The predicted molar refractivity (Wildman–Crippen MR) is 158 cm³/mol. The van der Waals surface area contributed by atoms with Crippen LogP contribution in [0.5, 0.6) is 0 Å². The third-order valence-electron chi connectivity index (χ3n) is 6.33. The first-order chi connectivity index (χ1) is 21.8.